The normalized spacial score (nSPS) is 22.8. The Bertz CT molecular complexity index is 270. The molecule has 1 rings (SSSR count). The van der Waals surface area contributed by atoms with E-state index in [0.29, 0.717) is 6.16 Å². The van der Waals surface area contributed by atoms with Crippen LogP contribution in [0.3, 0.4) is 0 Å². The van der Waals surface area contributed by atoms with Crippen molar-refractivity contribution in [2.24, 2.45) is 0 Å². The second-order valence-corrected chi connectivity index (χ2v) is 5.83. The highest BCUT2D eigenvalue weighted by Crippen LogP contribution is 2.26. The Morgan fingerprint density at radius 1 is 1.67 bits per heavy atom. The lowest BCUT2D eigenvalue weighted by atomic mass is 10.2. The molecule has 15 heavy (non-hydrogen) atoms. The van der Waals surface area contributed by atoms with Crippen molar-refractivity contribution in [1.29, 1.82) is 0 Å². The highest BCUT2D eigenvalue weighted by molar-refractivity contribution is 7.38. The summed E-state index contributed by atoms with van der Waals surface area (Å²) in [5, 5.41) is 0. The molecule has 0 radical (unpaired) electrons. The van der Waals surface area contributed by atoms with Gasteiger partial charge in [0.25, 0.3) is 0 Å². The first-order valence-corrected chi connectivity index (χ1v) is 6.53. The van der Waals surface area contributed by atoms with E-state index >= 15 is 0 Å². The molecule has 0 heterocycles. The van der Waals surface area contributed by atoms with E-state index < -0.39 is 8.03 Å². The molecule has 0 aromatic heterocycles. The number of hydrogen-bond acceptors (Lipinski definition) is 3. The second kappa shape index (κ2) is 5.17. The summed E-state index contributed by atoms with van der Waals surface area (Å²) >= 11 is 0. The third-order valence-corrected chi connectivity index (χ3v) is 2.74. The van der Waals surface area contributed by atoms with Gasteiger partial charge in [0, 0.05) is 0 Å². The van der Waals surface area contributed by atoms with Crippen molar-refractivity contribution in [3.63, 3.8) is 0 Å². The molecule has 0 saturated carbocycles. The minimum Gasteiger partial charge on any atom is -0.296 e. The number of rotatable bonds is 4. The van der Waals surface area contributed by atoms with Crippen LogP contribution in [0, 0.1) is 0 Å². The lowest BCUT2D eigenvalue weighted by Crippen LogP contribution is -2.34. The van der Waals surface area contributed by atoms with Crippen LogP contribution < -0.4 is 5.48 Å². The molecular weight excluding hydrogens is 213 g/mol. The van der Waals surface area contributed by atoms with E-state index in [1.807, 2.05) is 26.8 Å². The lowest BCUT2D eigenvalue weighted by molar-refractivity contribution is -0.0819. The lowest BCUT2D eigenvalue weighted by Gasteiger charge is -2.21. The summed E-state index contributed by atoms with van der Waals surface area (Å²) in [4.78, 5) is 14.2. The van der Waals surface area contributed by atoms with Gasteiger partial charge in [0.2, 0.25) is 0 Å². The third kappa shape index (κ3) is 5.38. The molecule has 1 aliphatic carbocycles. The summed E-state index contributed by atoms with van der Waals surface area (Å²) in [6, 6.07) is 0.175. The summed E-state index contributed by atoms with van der Waals surface area (Å²) < 4.78 is 10.6. The number of nitrogens with one attached hydrogen (secondary N) is 1. The zero-order chi connectivity index (χ0) is 11.5. The summed E-state index contributed by atoms with van der Waals surface area (Å²) in [7, 11) is -2.05. The van der Waals surface area contributed by atoms with Gasteiger partial charge in [-0.15, -0.1) is 0 Å². The van der Waals surface area contributed by atoms with Gasteiger partial charge < -0.3 is 0 Å². The van der Waals surface area contributed by atoms with Crippen LogP contribution in [-0.4, -0.2) is 22.7 Å². The topological polar surface area (TPSA) is 58.6 Å². The largest absolute Gasteiger partial charge is 0.509 e. The van der Waals surface area contributed by atoms with E-state index in [1.165, 1.54) is 0 Å². The van der Waals surface area contributed by atoms with Gasteiger partial charge in [-0.05, 0) is 43.8 Å². The Morgan fingerprint density at radius 3 is 2.87 bits per heavy atom. The Hall–Kier alpha value is -0.280. The van der Waals surface area contributed by atoms with Crippen molar-refractivity contribution in [3.05, 3.63) is 11.6 Å². The molecule has 0 bridgehead atoms. The molecule has 0 saturated heterocycles. The van der Waals surface area contributed by atoms with Crippen LogP contribution in [0.5, 0.6) is 0 Å². The van der Waals surface area contributed by atoms with E-state index in [9.17, 15) is 4.57 Å². The Kier molecular flexibility index (Phi) is 4.41. The van der Waals surface area contributed by atoms with E-state index in [2.05, 4.69) is 5.48 Å². The van der Waals surface area contributed by atoms with Crippen molar-refractivity contribution in [1.82, 2.24) is 5.48 Å². The minimum absolute atomic E-state index is 0.175. The van der Waals surface area contributed by atoms with Gasteiger partial charge in [-0.1, -0.05) is 6.08 Å². The molecule has 4 nitrogen and oxygen atoms in total. The van der Waals surface area contributed by atoms with Gasteiger partial charge in [-0.3, -0.25) is 4.84 Å². The molecule has 2 N–H and O–H groups in total. The first-order chi connectivity index (χ1) is 6.87. The van der Waals surface area contributed by atoms with Crippen molar-refractivity contribution in [2.75, 3.05) is 6.16 Å². The van der Waals surface area contributed by atoms with Crippen LogP contribution in [0.2, 0.25) is 0 Å². The first-order valence-electron chi connectivity index (χ1n) is 5.13. The first kappa shape index (κ1) is 12.8. The Balaban J connectivity index is 2.34. The molecule has 0 aromatic carbocycles. The maximum atomic E-state index is 10.6. The Labute approximate surface area is 91.5 Å². The molecule has 0 aliphatic heterocycles. The highest BCUT2D eigenvalue weighted by atomic mass is 31.1. The fourth-order valence-electron chi connectivity index (χ4n) is 1.44. The average molecular weight is 232 g/mol. The Morgan fingerprint density at radius 2 is 2.33 bits per heavy atom. The minimum atomic E-state index is -2.05. The second-order valence-electron chi connectivity index (χ2n) is 4.81. The SMILES string of the molecule is CC(C)(C)ONC1C=C(C[P+](=O)O)CC1. The zero-order valence-corrected chi connectivity index (χ0v) is 10.4. The van der Waals surface area contributed by atoms with Gasteiger partial charge >= 0.3 is 8.03 Å². The van der Waals surface area contributed by atoms with Crippen molar-refractivity contribution in [3.8, 4) is 0 Å². The number of hydroxylamine groups is 1. The van der Waals surface area contributed by atoms with Crippen LogP contribution in [0.15, 0.2) is 11.6 Å². The van der Waals surface area contributed by atoms with Crippen LogP contribution in [-0.2, 0) is 9.40 Å². The molecule has 1 aliphatic rings. The van der Waals surface area contributed by atoms with Crippen LogP contribution in [0.4, 0.5) is 0 Å². The molecule has 0 fully saturated rings. The van der Waals surface area contributed by atoms with Crippen molar-refractivity contribution >= 4 is 8.03 Å². The van der Waals surface area contributed by atoms with Gasteiger partial charge in [0.15, 0.2) is 6.16 Å². The quantitative estimate of drug-likeness (QED) is 0.443. The monoisotopic (exact) mass is 232 g/mol. The summed E-state index contributed by atoms with van der Waals surface area (Å²) in [6.45, 7) is 5.93. The molecule has 0 spiro atoms. The maximum absolute atomic E-state index is 10.6. The predicted octanol–water partition coefficient (Wildman–Crippen LogP) is 2.13. The van der Waals surface area contributed by atoms with E-state index in [-0.39, 0.29) is 11.6 Å². The van der Waals surface area contributed by atoms with Crippen LogP contribution in [0.25, 0.3) is 0 Å². The van der Waals surface area contributed by atoms with Gasteiger partial charge in [0.1, 0.15) is 0 Å². The molecule has 5 heteroatoms. The summed E-state index contributed by atoms with van der Waals surface area (Å²) in [6.07, 6.45) is 4.11. The zero-order valence-electron chi connectivity index (χ0n) is 9.49. The van der Waals surface area contributed by atoms with Gasteiger partial charge in [-0.2, -0.15) is 10.4 Å². The van der Waals surface area contributed by atoms with Crippen LogP contribution in [0.1, 0.15) is 33.6 Å². The summed E-state index contributed by atoms with van der Waals surface area (Å²) in [5.74, 6) is 0. The van der Waals surface area contributed by atoms with E-state index in [4.69, 9.17) is 9.73 Å². The van der Waals surface area contributed by atoms with Crippen molar-refractivity contribution in [2.45, 2.75) is 45.3 Å². The molecule has 2 atom stereocenters. The van der Waals surface area contributed by atoms with E-state index in [1.54, 1.807) is 0 Å². The summed E-state index contributed by atoms with van der Waals surface area (Å²) in [5.41, 5.74) is 3.81. The van der Waals surface area contributed by atoms with Crippen molar-refractivity contribution < 1.29 is 14.3 Å². The standard InChI is InChI=1S/C10H18NO3P/c1-10(2,3)14-11-9-5-4-8(6-9)7-15(12)13/h6,9,11H,4-5,7H2,1-3H3/p+1. The fourth-order valence-corrected chi connectivity index (χ4v) is 2.05. The van der Waals surface area contributed by atoms with Gasteiger partial charge in [-0.25, -0.2) is 0 Å². The third-order valence-electron chi connectivity index (χ3n) is 2.07. The molecule has 2 unspecified atom stereocenters. The number of allylic oxidation sites excluding steroid dienone is 1. The predicted molar refractivity (Wildman–Crippen MR) is 59.8 cm³/mol. The maximum Gasteiger partial charge on any atom is 0.509 e. The molecule has 86 valence electrons. The van der Waals surface area contributed by atoms with Crippen LogP contribution >= 0.6 is 8.03 Å². The smallest absolute Gasteiger partial charge is 0.296 e. The average Bonchev–Trinajstić information content (AvgIpc) is 2.46. The molecular formula is C10H19NO3P+. The van der Waals surface area contributed by atoms with E-state index in [0.717, 1.165) is 18.4 Å². The molecule has 0 aromatic rings. The fraction of sp³-hybridized carbons (Fsp3) is 0.800. The molecule has 0 amide bonds. The number of hydrogen-bond donors (Lipinski definition) is 2. The highest BCUT2D eigenvalue weighted by Gasteiger charge is 2.23. The van der Waals surface area contributed by atoms with Gasteiger partial charge in [0.05, 0.1) is 11.6 Å².